The molecular formula is C11H17BrClN3O3S2. The molecule has 6 nitrogen and oxygen atoms in total. The van der Waals surface area contributed by atoms with Crippen LogP contribution in [0.15, 0.2) is 20.1 Å². The molecule has 1 saturated heterocycles. The molecule has 0 aromatic carbocycles. The number of halogens is 2. The highest BCUT2D eigenvalue weighted by atomic mass is 79.9. The van der Waals surface area contributed by atoms with Crippen molar-refractivity contribution in [2.75, 3.05) is 19.6 Å². The van der Waals surface area contributed by atoms with E-state index in [9.17, 15) is 13.2 Å². The van der Waals surface area contributed by atoms with Gasteiger partial charge in [0, 0.05) is 19.1 Å². The molecule has 1 aliphatic rings. The van der Waals surface area contributed by atoms with E-state index in [0.717, 1.165) is 28.0 Å². The molecule has 0 aliphatic carbocycles. The minimum atomic E-state index is -3.62. The van der Waals surface area contributed by atoms with Gasteiger partial charge in [-0.2, -0.15) is 0 Å². The number of piperidine rings is 1. The molecule has 1 aromatic rings. The molecule has 1 aliphatic heterocycles. The maximum atomic E-state index is 12.0. The van der Waals surface area contributed by atoms with Gasteiger partial charge in [-0.25, -0.2) is 13.1 Å². The lowest BCUT2D eigenvalue weighted by Crippen LogP contribution is -2.46. The van der Waals surface area contributed by atoms with Crippen LogP contribution in [0.3, 0.4) is 0 Å². The van der Waals surface area contributed by atoms with Crippen LogP contribution in [0.2, 0.25) is 0 Å². The first-order valence-electron chi connectivity index (χ1n) is 6.17. The largest absolute Gasteiger partial charge is 0.341 e. The quantitative estimate of drug-likeness (QED) is 0.767. The van der Waals surface area contributed by atoms with Gasteiger partial charge in [0.2, 0.25) is 5.91 Å². The summed E-state index contributed by atoms with van der Waals surface area (Å²) in [5, 5.41) is 0. The van der Waals surface area contributed by atoms with E-state index in [4.69, 9.17) is 5.73 Å². The monoisotopic (exact) mass is 417 g/mol. The predicted octanol–water partition coefficient (Wildman–Crippen LogP) is 1.16. The second-order valence-electron chi connectivity index (χ2n) is 4.60. The van der Waals surface area contributed by atoms with E-state index in [1.54, 1.807) is 11.0 Å². The van der Waals surface area contributed by atoms with E-state index in [1.807, 2.05) is 0 Å². The third-order valence-corrected chi connectivity index (χ3v) is 6.64. The standard InChI is InChI=1S/C11H16BrN3O3S2.ClH/c12-9-1-2-11(19-9)20(17,18)14-7-10(16)15-5-3-8(13)4-6-15;/h1-2,8,14H,3-7,13H2;1H. The molecule has 1 fully saturated rings. The van der Waals surface area contributed by atoms with Crippen molar-refractivity contribution in [3.05, 3.63) is 15.9 Å². The van der Waals surface area contributed by atoms with Gasteiger partial charge in [-0.15, -0.1) is 23.7 Å². The Hall–Kier alpha value is -0.190. The van der Waals surface area contributed by atoms with Crippen molar-refractivity contribution in [1.29, 1.82) is 0 Å². The Morgan fingerprint density at radius 1 is 1.43 bits per heavy atom. The van der Waals surface area contributed by atoms with E-state index in [1.165, 1.54) is 6.07 Å². The van der Waals surface area contributed by atoms with Crippen molar-refractivity contribution in [3.63, 3.8) is 0 Å². The summed E-state index contributed by atoms with van der Waals surface area (Å²) in [6.45, 7) is 0.964. The van der Waals surface area contributed by atoms with Crippen molar-refractivity contribution in [2.45, 2.75) is 23.1 Å². The van der Waals surface area contributed by atoms with E-state index < -0.39 is 10.0 Å². The van der Waals surface area contributed by atoms with Crippen LogP contribution in [0.5, 0.6) is 0 Å². The first-order chi connectivity index (χ1) is 9.38. The Bertz CT molecular complexity index is 585. The van der Waals surface area contributed by atoms with E-state index in [2.05, 4.69) is 20.7 Å². The zero-order valence-corrected chi connectivity index (χ0v) is 15.2. The highest BCUT2D eigenvalue weighted by Crippen LogP contribution is 2.25. The van der Waals surface area contributed by atoms with Gasteiger partial charge in [-0.3, -0.25) is 4.79 Å². The van der Waals surface area contributed by atoms with Crippen LogP contribution in [-0.2, 0) is 14.8 Å². The number of rotatable bonds is 4. The van der Waals surface area contributed by atoms with E-state index >= 15 is 0 Å². The molecule has 1 aromatic heterocycles. The average Bonchev–Trinajstić information content (AvgIpc) is 2.84. The molecule has 0 radical (unpaired) electrons. The molecule has 120 valence electrons. The van der Waals surface area contributed by atoms with Crippen molar-refractivity contribution in [3.8, 4) is 0 Å². The summed E-state index contributed by atoms with van der Waals surface area (Å²) in [6, 6.07) is 3.30. The van der Waals surface area contributed by atoms with Crippen molar-refractivity contribution < 1.29 is 13.2 Å². The highest BCUT2D eigenvalue weighted by molar-refractivity contribution is 9.11. The van der Waals surface area contributed by atoms with Crippen LogP contribution in [0, 0.1) is 0 Å². The zero-order chi connectivity index (χ0) is 14.8. The second-order valence-corrected chi connectivity index (χ2v) is 9.06. The minimum Gasteiger partial charge on any atom is -0.341 e. The van der Waals surface area contributed by atoms with Crippen molar-refractivity contribution in [2.24, 2.45) is 5.73 Å². The third-order valence-electron chi connectivity index (χ3n) is 3.12. The molecule has 10 heteroatoms. The van der Waals surface area contributed by atoms with Gasteiger partial charge >= 0.3 is 0 Å². The van der Waals surface area contributed by atoms with E-state index in [-0.39, 0.29) is 35.1 Å². The molecule has 2 rings (SSSR count). The van der Waals surface area contributed by atoms with E-state index in [0.29, 0.717) is 13.1 Å². The number of sulfonamides is 1. The van der Waals surface area contributed by atoms with Gasteiger partial charge in [0.25, 0.3) is 10.0 Å². The summed E-state index contributed by atoms with van der Waals surface area (Å²) in [5.74, 6) is -0.212. The lowest BCUT2D eigenvalue weighted by Gasteiger charge is -2.30. The van der Waals surface area contributed by atoms with Crippen LogP contribution < -0.4 is 10.5 Å². The van der Waals surface area contributed by atoms with Crippen LogP contribution >= 0.6 is 39.7 Å². The topological polar surface area (TPSA) is 92.5 Å². The lowest BCUT2D eigenvalue weighted by atomic mass is 10.1. The van der Waals surface area contributed by atoms with Crippen LogP contribution in [0.1, 0.15) is 12.8 Å². The first kappa shape index (κ1) is 18.9. The molecule has 0 saturated carbocycles. The minimum absolute atomic E-state index is 0. The van der Waals surface area contributed by atoms with Gasteiger partial charge in [-0.1, -0.05) is 0 Å². The SMILES string of the molecule is Cl.NC1CCN(C(=O)CNS(=O)(=O)c2ccc(Br)s2)CC1. The van der Waals surface area contributed by atoms with Gasteiger partial charge in [0.15, 0.2) is 0 Å². The molecule has 0 spiro atoms. The molecule has 1 amide bonds. The highest BCUT2D eigenvalue weighted by Gasteiger charge is 2.23. The molecule has 21 heavy (non-hydrogen) atoms. The summed E-state index contributed by atoms with van der Waals surface area (Å²) in [6.07, 6.45) is 1.52. The van der Waals surface area contributed by atoms with Gasteiger partial charge in [0.05, 0.1) is 10.3 Å². The van der Waals surface area contributed by atoms with Gasteiger partial charge in [-0.05, 0) is 40.9 Å². The number of nitrogens with zero attached hydrogens (tertiary/aromatic N) is 1. The maximum absolute atomic E-state index is 12.0. The number of carbonyl (C=O) groups excluding carboxylic acids is 1. The van der Waals surface area contributed by atoms with Gasteiger partial charge in [0.1, 0.15) is 4.21 Å². The predicted molar refractivity (Wildman–Crippen MR) is 88.2 cm³/mol. The Kier molecular flexibility index (Phi) is 7.08. The van der Waals surface area contributed by atoms with Crippen LogP contribution in [-0.4, -0.2) is 44.9 Å². The number of hydrogen-bond donors (Lipinski definition) is 2. The van der Waals surface area contributed by atoms with Crippen LogP contribution in [0.4, 0.5) is 0 Å². The van der Waals surface area contributed by atoms with Gasteiger partial charge < -0.3 is 10.6 Å². The fourth-order valence-corrected chi connectivity index (χ4v) is 4.96. The Balaban J connectivity index is 0.00000220. The second kappa shape index (κ2) is 7.89. The maximum Gasteiger partial charge on any atom is 0.250 e. The fourth-order valence-electron chi connectivity index (χ4n) is 1.93. The van der Waals surface area contributed by atoms with Crippen molar-refractivity contribution in [1.82, 2.24) is 9.62 Å². The Morgan fingerprint density at radius 3 is 2.57 bits per heavy atom. The number of thiophene rings is 1. The Morgan fingerprint density at radius 2 is 2.05 bits per heavy atom. The molecule has 0 unspecified atom stereocenters. The molecule has 0 atom stereocenters. The fraction of sp³-hybridized carbons (Fsp3) is 0.545. The summed E-state index contributed by atoms with van der Waals surface area (Å²) in [7, 11) is -3.62. The normalized spacial score (nSPS) is 16.6. The number of amides is 1. The molecule has 0 bridgehead atoms. The smallest absolute Gasteiger partial charge is 0.250 e. The molecular weight excluding hydrogens is 402 g/mol. The third kappa shape index (κ3) is 5.19. The number of likely N-dealkylation sites (tertiary alicyclic amines) is 1. The summed E-state index contributed by atoms with van der Waals surface area (Å²) in [5.41, 5.74) is 5.77. The summed E-state index contributed by atoms with van der Waals surface area (Å²) in [4.78, 5) is 13.6. The lowest BCUT2D eigenvalue weighted by molar-refractivity contribution is -0.130. The summed E-state index contributed by atoms with van der Waals surface area (Å²) >= 11 is 4.32. The number of carbonyl (C=O) groups is 1. The number of hydrogen-bond acceptors (Lipinski definition) is 5. The number of nitrogens with two attached hydrogens (primary N) is 1. The summed E-state index contributed by atoms with van der Waals surface area (Å²) < 4.78 is 27.2. The average molecular weight is 419 g/mol. The zero-order valence-electron chi connectivity index (χ0n) is 11.1. The first-order valence-corrected chi connectivity index (χ1v) is 9.26. The van der Waals surface area contributed by atoms with Crippen LogP contribution in [0.25, 0.3) is 0 Å². The van der Waals surface area contributed by atoms with Crippen molar-refractivity contribution >= 4 is 55.6 Å². The molecule has 2 heterocycles. The molecule has 3 N–H and O–H groups in total. The number of nitrogens with one attached hydrogen (secondary N) is 1. The Labute approximate surface area is 142 Å².